The molecule has 0 aliphatic heterocycles. The first kappa shape index (κ1) is 9.93. The third-order valence-corrected chi connectivity index (χ3v) is 2.87. The molecule has 5 heteroatoms. The lowest BCUT2D eigenvalue weighted by molar-refractivity contribution is 0.618. The molecule has 0 saturated carbocycles. The van der Waals surface area contributed by atoms with Crippen molar-refractivity contribution < 1.29 is 0 Å². The van der Waals surface area contributed by atoms with Gasteiger partial charge in [-0.05, 0) is 41.4 Å². The average Bonchev–Trinajstić information content (AvgIpc) is 2.42. The van der Waals surface area contributed by atoms with E-state index in [0.29, 0.717) is 5.28 Å². The summed E-state index contributed by atoms with van der Waals surface area (Å²) >= 11 is 9.49. The lowest BCUT2D eigenvalue weighted by atomic mass is 10.3. The van der Waals surface area contributed by atoms with Crippen molar-refractivity contribution in [1.82, 2.24) is 14.5 Å². The number of rotatable bonds is 1. The molecular weight excluding hydrogens is 265 g/mol. The van der Waals surface area contributed by atoms with E-state index in [1.165, 1.54) is 0 Å². The van der Waals surface area contributed by atoms with Crippen LogP contribution in [-0.2, 0) is 0 Å². The minimum atomic E-state index is 0.284. The topological polar surface area (TPSA) is 30.7 Å². The van der Waals surface area contributed by atoms with Crippen LogP contribution in [0, 0.1) is 0 Å². The van der Waals surface area contributed by atoms with Crippen molar-refractivity contribution in [2.24, 2.45) is 0 Å². The zero-order valence-electron chi connectivity index (χ0n) is 7.83. The summed E-state index contributed by atoms with van der Waals surface area (Å²) in [5.74, 6) is 0. The minimum Gasteiger partial charge on any atom is -0.311 e. The fourth-order valence-electron chi connectivity index (χ4n) is 1.46. The number of aromatic nitrogens is 3. The molecule has 14 heavy (non-hydrogen) atoms. The Balaban J connectivity index is 2.86. The number of imidazole rings is 1. The predicted octanol–water partition coefficient (Wildman–Crippen LogP) is 3.43. The second kappa shape index (κ2) is 3.51. The maximum atomic E-state index is 6.04. The van der Waals surface area contributed by atoms with Gasteiger partial charge in [0.25, 0.3) is 0 Å². The largest absolute Gasteiger partial charge is 0.311 e. The highest BCUT2D eigenvalue weighted by atomic mass is 79.9. The van der Waals surface area contributed by atoms with E-state index in [-0.39, 0.29) is 6.04 Å². The second-order valence-corrected chi connectivity index (χ2v) is 4.53. The molecule has 0 fully saturated rings. The van der Waals surface area contributed by atoms with Crippen LogP contribution in [0.4, 0.5) is 0 Å². The Morgan fingerprint density at radius 2 is 2.14 bits per heavy atom. The summed E-state index contributed by atoms with van der Waals surface area (Å²) in [6, 6.07) is 0.284. The first-order valence-electron chi connectivity index (χ1n) is 4.28. The van der Waals surface area contributed by atoms with Crippen LogP contribution in [0.15, 0.2) is 16.9 Å². The highest BCUT2D eigenvalue weighted by Crippen LogP contribution is 2.28. The number of hydrogen-bond donors (Lipinski definition) is 0. The van der Waals surface area contributed by atoms with E-state index in [4.69, 9.17) is 11.6 Å². The van der Waals surface area contributed by atoms with E-state index >= 15 is 0 Å². The van der Waals surface area contributed by atoms with Gasteiger partial charge in [0.2, 0.25) is 5.28 Å². The van der Waals surface area contributed by atoms with E-state index < -0.39 is 0 Å². The Morgan fingerprint density at radius 1 is 1.43 bits per heavy atom. The third-order valence-electron chi connectivity index (χ3n) is 2.02. The zero-order valence-corrected chi connectivity index (χ0v) is 10.2. The van der Waals surface area contributed by atoms with Crippen LogP contribution in [0.2, 0.25) is 5.28 Å². The van der Waals surface area contributed by atoms with E-state index in [0.717, 1.165) is 15.5 Å². The van der Waals surface area contributed by atoms with Crippen molar-refractivity contribution in [2.75, 3.05) is 0 Å². The molecule has 0 radical (unpaired) electrons. The molecule has 0 atom stereocenters. The summed E-state index contributed by atoms with van der Waals surface area (Å²) < 4.78 is 2.89. The Kier molecular flexibility index (Phi) is 2.49. The molecule has 74 valence electrons. The molecule has 2 rings (SSSR count). The Bertz CT molecular complexity index is 478. The maximum Gasteiger partial charge on any atom is 0.204 e. The van der Waals surface area contributed by atoms with E-state index in [2.05, 4.69) is 39.7 Å². The van der Waals surface area contributed by atoms with Crippen LogP contribution in [-0.4, -0.2) is 14.5 Å². The SMILES string of the molecule is CC(C)n1c(Cl)nc2cncc(Br)c21. The first-order valence-corrected chi connectivity index (χ1v) is 5.45. The standard InChI is InChI=1S/C9H9BrClN3/c1-5(2)14-8-6(10)3-12-4-7(8)13-9(14)11/h3-5H,1-2H3. The first-order chi connectivity index (χ1) is 6.61. The summed E-state index contributed by atoms with van der Waals surface area (Å²) in [5.41, 5.74) is 1.82. The van der Waals surface area contributed by atoms with Gasteiger partial charge in [-0.2, -0.15) is 0 Å². The number of halogens is 2. The molecule has 0 saturated heterocycles. The van der Waals surface area contributed by atoms with Crippen LogP contribution in [0.1, 0.15) is 19.9 Å². The molecule has 3 nitrogen and oxygen atoms in total. The third kappa shape index (κ3) is 1.42. The van der Waals surface area contributed by atoms with Crippen LogP contribution >= 0.6 is 27.5 Å². The molecular formula is C9H9BrClN3. The molecule has 0 aliphatic carbocycles. The molecule has 2 heterocycles. The van der Waals surface area contributed by atoms with Crippen molar-refractivity contribution in [3.05, 3.63) is 22.1 Å². The van der Waals surface area contributed by atoms with E-state index in [1.54, 1.807) is 12.4 Å². The molecule has 0 N–H and O–H groups in total. The van der Waals surface area contributed by atoms with Gasteiger partial charge in [0, 0.05) is 12.2 Å². The monoisotopic (exact) mass is 273 g/mol. The number of fused-ring (bicyclic) bond motifs is 1. The van der Waals surface area contributed by atoms with Crippen LogP contribution in [0.3, 0.4) is 0 Å². The quantitative estimate of drug-likeness (QED) is 0.797. The van der Waals surface area contributed by atoms with Gasteiger partial charge in [0.15, 0.2) is 0 Å². The van der Waals surface area contributed by atoms with Gasteiger partial charge >= 0.3 is 0 Å². The molecule has 2 aromatic heterocycles. The van der Waals surface area contributed by atoms with Gasteiger partial charge in [-0.3, -0.25) is 4.98 Å². The smallest absolute Gasteiger partial charge is 0.204 e. The summed E-state index contributed by atoms with van der Waals surface area (Å²) in [4.78, 5) is 8.28. The molecule has 0 unspecified atom stereocenters. The highest BCUT2D eigenvalue weighted by molar-refractivity contribution is 9.10. The van der Waals surface area contributed by atoms with Crippen molar-refractivity contribution in [3.63, 3.8) is 0 Å². The molecule has 0 bridgehead atoms. The van der Waals surface area contributed by atoms with Gasteiger partial charge in [0.05, 0.1) is 16.2 Å². The van der Waals surface area contributed by atoms with Crippen molar-refractivity contribution >= 4 is 38.6 Å². The van der Waals surface area contributed by atoms with E-state index in [1.807, 2.05) is 4.57 Å². The summed E-state index contributed by atoms with van der Waals surface area (Å²) in [6.07, 6.45) is 3.46. The molecule has 2 aromatic rings. The summed E-state index contributed by atoms with van der Waals surface area (Å²) in [5, 5.41) is 0.503. The predicted molar refractivity (Wildman–Crippen MR) is 60.6 cm³/mol. The van der Waals surface area contributed by atoms with Crippen molar-refractivity contribution in [1.29, 1.82) is 0 Å². The zero-order chi connectivity index (χ0) is 10.3. The lowest BCUT2D eigenvalue weighted by Gasteiger charge is -2.09. The minimum absolute atomic E-state index is 0.284. The fraction of sp³-hybridized carbons (Fsp3) is 0.333. The number of pyridine rings is 1. The molecule has 0 aromatic carbocycles. The second-order valence-electron chi connectivity index (χ2n) is 3.33. The van der Waals surface area contributed by atoms with Crippen LogP contribution in [0.5, 0.6) is 0 Å². The van der Waals surface area contributed by atoms with Gasteiger partial charge in [-0.1, -0.05) is 0 Å². The number of hydrogen-bond acceptors (Lipinski definition) is 2. The van der Waals surface area contributed by atoms with Gasteiger partial charge in [0.1, 0.15) is 5.52 Å². The summed E-state index contributed by atoms with van der Waals surface area (Å²) in [6.45, 7) is 4.14. The molecule has 0 spiro atoms. The molecule has 0 aliphatic rings. The Morgan fingerprint density at radius 3 is 2.79 bits per heavy atom. The molecule has 0 amide bonds. The Hall–Kier alpha value is -0.610. The lowest BCUT2D eigenvalue weighted by Crippen LogP contribution is -2.00. The van der Waals surface area contributed by atoms with Crippen LogP contribution in [0.25, 0.3) is 11.0 Å². The maximum absolute atomic E-state index is 6.04. The van der Waals surface area contributed by atoms with Crippen LogP contribution < -0.4 is 0 Å². The summed E-state index contributed by atoms with van der Waals surface area (Å²) in [7, 11) is 0. The van der Waals surface area contributed by atoms with E-state index in [9.17, 15) is 0 Å². The fourth-order valence-corrected chi connectivity index (χ4v) is 2.34. The van der Waals surface area contributed by atoms with Gasteiger partial charge in [-0.15, -0.1) is 0 Å². The van der Waals surface area contributed by atoms with Gasteiger partial charge in [-0.25, -0.2) is 4.98 Å². The van der Waals surface area contributed by atoms with Crippen molar-refractivity contribution in [3.8, 4) is 0 Å². The highest BCUT2D eigenvalue weighted by Gasteiger charge is 2.13. The van der Waals surface area contributed by atoms with Crippen molar-refractivity contribution in [2.45, 2.75) is 19.9 Å². The Labute approximate surface area is 95.2 Å². The normalized spacial score (nSPS) is 11.5. The average molecular weight is 275 g/mol. The van der Waals surface area contributed by atoms with Gasteiger partial charge < -0.3 is 4.57 Å². The number of nitrogens with zero attached hydrogens (tertiary/aromatic N) is 3.